The Morgan fingerprint density at radius 1 is 1.30 bits per heavy atom. The van der Waals surface area contributed by atoms with Gasteiger partial charge in [0.15, 0.2) is 4.77 Å². The Balaban J connectivity index is 2.14. The zero-order chi connectivity index (χ0) is 14.4. The van der Waals surface area contributed by atoms with Gasteiger partial charge in [-0.3, -0.25) is 0 Å². The average molecular weight is 289 g/mol. The van der Waals surface area contributed by atoms with Crippen molar-refractivity contribution in [2.45, 2.75) is 39.5 Å². The first kappa shape index (κ1) is 15.0. The van der Waals surface area contributed by atoms with Crippen LogP contribution in [0, 0.1) is 10.7 Å². The van der Waals surface area contributed by atoms with Crippen LogP contribution in [-0.2, 0) is 0 Å². The van der Waals surface area contributed by atoms with Crippen molar-refractivity contribution in [1.82, 2.24) is 9.97 Å². The standard InChI is InChI=1S/C16H23N3S/c1-3-5-8-12(4-2)11-17-15-13-9-6-7-10-14(13)18-16(20)19-15/h6-7,9-10,12H,3-5,8,11H2,1-2H3,(H2,17,18,19,20)/t12-/m1/s1. The second-order valence-corrected chi connectivity index (χ2v) is 5.62. The summed E-state index contributed by atoms with van der Waals surface area (Å²) in [4.78, 5) is 7.57. The maximum atomic E-state index is 5.20. The molecule has 0 saturated carbocycles. The van der Waals surface area contributed by atoms with Crippen molar-refractivity contribution in [2.24, 2.45) is 5.92 Å². The fraction of sp³-hybridized carbons (Fsp3) is 0.500. The molecule has 0 aliphatic rings. The van der Waals surface area contributed by atoms with Crippen LogP contribution in [0.1, 0.15) is 39.5 Å². The molecule has 0 unspecified atom stereocenters. The predicted molar refractivity (Wildman–Crippen MR) is 88.7 cm³/mol. The third-order valence-corrected chi connectivity index (χ3v) is 3.93. The van der Waals surface area contributed by atoms with E-state index in [2.05, 4.69) is 35.2 Å². The Morgan fingerprint density at radius 3 is 2.85 bits per heavy atom. The molecule has 20 heavy (non-hydrogen) atoms. The van der Waals surface area contributed by atoms with E-state index in [9.17, 15) is 0 Å². The highest BCUT2D eigenvalue weighted by molar-refractivity contribution is 7.71. The first-order valence-corrected chi connectivity index (χ1v) is 7.88. The molecule has 1 atom stereocenters. The largest absolute Gasteiger partial charge is 0.369 e. The van der Waals surface area contributed by atoms with Gasteiger partial charge in [0.25, 0.3) is 0 Å². The van der Waals surface area contributed by atoms with Crippen molar-refractivity contribution in [1.29, 1.82) is 0 Å². The van der Waals surface area contributed by atoms with Crippen LogP contribution in [0.25, 0.3) is 10.9 Å². The lowest BCUT2D eigenvalue weighted by molar-refractivity contribution is 0.472. The Morgan fingerprint density at radius 2 is 2.10 bits per heavy atom. The highest BCUT2D eigenvalue weighted by atomic mass is 32.1. The molecular formula is C16H23N3S. The molecule has 1 aromatic heterocycles. The van der Waals surface area contributed by atoms with Gasteiger partial charge in [-0.1, -0.05) is 45.2 Å². The molecular weight excluding hydrogens is 266 g/mol. The van der Waals surface area contributed by atoms with E-state index in [1.807, 2.05) is 18.2 Å². The SMILES string of the molecule is CCCC[C@@H](CC)CNc1nc(=S)[nH]c2ccccc12. The van der Waals surface area contributed by atoms with Crippen LogP contribution in [0.2, 0.25) is 0 Å². The molecule has 0 bridgehead atoms. The van der Waals surface area contributed by atoms with Gasteiger partial charge in [-0.2, -0.15) is 0 Å². The van der Waals surface area contributed by atoms with Crippen LogP contribution >= 0.6 is 12.2 Å². The molecule has 0 spiro atoms. The highest BCUT2D eigenvalue weighted by Gasteiger charge is 2.08. The van der Waals surface area contributed by atoms with Gasteiger partial charge < -0.3 is 10.3 Å². The maximum Gasteiger partial charge on any atom is 0.199 e. The van der Waals surface area contributed by atoms with Crippen LogP contribution in [0.3, 0.4) is 0 Å². The number of anilines is 1. The summed E-state index contributed by atoms with van der Waals surface area (Å²) in [6.07, 6.45) is 5.03. The number of benzene rings is 1. The molecule has 1 heterocycles. The number of nitrogens with one attached hydrogen (secondary N) is 2. The predicted octanol–water partition coefficient (Wildman–Crippen LogP) is 4.92. The summed E-state index contributed by atoms with van der Waals surface area (Å²) >= 11 is 5.20. The minimum Gasteiger partial charge on any atom is -0.369 e. The monoisotopic (exact) mass is 289 g/mol. The molecule has 2 N–H and O–H groups in total. The maximum absolute atomic E-state index is 5.20. The summed E-state index contributed by atoms with van der Waals surface area (Å²) in [6, 6.07) is 8.14. The Bertz CT molecular complexity index is 606. The van der Waals surface area contributed by atoms with Gasteiger partial charge in [-0.25, -0.2) is 4.98 Å². The minimum absolute atomic E-state index is 0.535. The zero-order valence-electron chi connectivity index (χ0n) is 12.3. The topological polar surface area (TPSA) is 40.7 Å². The third-order valence-electron chi connectivity index (χ3n) is 3.74. The highest BCUT2D eigenvalue weighted by Crippen LogP contribution is 2.20. The van der Waals surface area contributed by atoms with Crippen molar-refractivity contribution >= 4 is 28.9 Å². The van der Waals surface area contributed by atoms with Crippen LogP contribution in [0.5, 0.6) is 0 Å². The van der Waals surface area contributed by atoms with E-state index in [4.69, 9.17) is 12.2 Å². The first-order valence-electron chi connectivity index (χ1n) is 7.47. The van der Waals surface area contributed by atoms with Gasteiger partial charge in [0.2, 0.25) is 0 Å². The smallest absolute Gasteiger partial charge is 0.199 e. The van der Waals surface area contributed by atoms with E-state index < -0.39 is 0 Å². The Kier molecular flexibility index (Phi) is 5.53. The quantitative estimate of drug-likeness (QED) is 0.711. The number of hydrogen-bond acceptors (Lipinski definition) is 3. The van der Waals surface area contributed by atoms with E-state index in [0.29, 0.717) is 10.7 Å². The second kappa shape index (κ2) is 7.39. The number of para-hydroxylation sites is 1. The fourth-order valence-electron chi connectivity index (χ4n) is 2.42. The number of H-pyrrole nitrogens is 1. The van der Waals surface area contributed by atoms with Gasteiger partial charge >= 0.3 is 0 Å². The number of rotatable bonds is 7. The van der Waals surface area contributed by atoms with E-state index in [1.165, 1.54) is 25.7 Å². The number of unbranched alkanes of at least 4 members (excludes halogenated alkanes) is 1. The van der Waals surface area contributed by atoms with Crippen molar-refractivity contribution in [2.75, 3.05) is 11.9 Å². The first-order chi connectivity index (χ1) is 9.74. The van der Waals surface area contributed by atoms with Gasteiger partial charge in [-0.15, -0.1) is 0 Å². The van der Waals surface area contributed by atoms with Crippen molar-refractivity contribution in [3.8, 4) is 0 Å². The molecule has 0 amide bonds. The van der Waals surface area contributed by atoms with E-state index in [0.717, 1.165) is 23.3 Å². The van der Waals surface area contributed by atoms with Gasteiger partial charge in [0.05, 0.1) is 5.52 Å². The van der Waals surface area contributed by atoms with E-state index in [1.54, 1.807) is 0 Å². The lowest BCUT2D eigenvalue weighted by Gasteiger charge is -2.16. The van der Waals surface area contributed by atoms with Gasteiger partial charge in [0.1, 0.15) is 5.82 Å². The lowest BCUT2D eigenvalue weighted by Crippen LogP contribution is -2.15. The number of fused-ring (bicyclic) bond motifs is 1. The van der Waals surface area contributed by atoms with Crippen LogP contribution in [0.15, 0.2) is 24.3 Å². The molecule has 0 aliphatic heterocycles. The molecule has 0 fully saturated rings. The van der Waals surface area contributed by atoms with Gasteiger partial charge in [-0.05, 0) is 36.7 Å². The second-order valence-electron chi connectivity index (χ2n) is 5.23. The van der Waals surface area contributed by atoms with Crippen LogP contribution in [-0.4, -0.2) is 16.5 Å². The van der Waals surface area contributed by atoms with E-state index in [-0.39, 0.29) is 0 Å². The molecule has 0 radical (unpaired) electrons. The average Bonchev–Trinajstić information content (AvgIpc) is 2.47. The minimum atomic E-state index is 0.535. The Hall–Kier alpha value is -1.42. The summed E-state index contributed by atoms with van der Waals surface area (Å²) in [5.41, 5.74) is 1.04. The summed E-state index contributed by atoms with van der Waals surface area (Å²) in [6.45, 7) is 5.46. The van der Waals surface area contributed by atoms with Crippen LogP contribution < -0.4 is 5.32 Å². The number of hydrogen-bond donors (Lipinski definition) is 2. The summed E-state index contributed by atoms with van der Waals surface area (Å²) in [5, 5.41) is 4.59. The Labute approximate surface area is 125 Å². The molecule has 4 heteroatoms. The normalized spacial score (nSPS) is 12.5. The summed E-state index contributed by atoms with van der Waals surface area (Å²) in [5.74, 6) is 1.60. The van der Waals surface area contributed by atoms with Crippen molar-refractivity contribution in [3.05, 3.63) is 29.0 Å². The fourth-order valence-corrected chi connectivity index (χ4v) is 2.62. The molecule has 3 nitrogen and oxygen atoms in total. The number of aromatic amines is 1. The van der Waals surface area contributed by atoms with Crippen molar-refractivity contribution in [3.63, 3.8) is 0 Å². The molecule has 2 rings (SSSR count). The van der Waals surface area contributed by atoms with Gasteiger partial charge in [0, 0.05) is 11.9 Å². The molecule has 1 aromatic carbocycles. The molecule has 2 aromatic rings. The molecule has 108 valence electrons. The summed E-state index contributed by atoms with van der Waals surface area (Å²) in [7, 11) is 0. The molecule has 0 aliphatic carbocycles. The third kappa shape index (κ3) is 3.79. The van der Waals surface area contributed by atoms with E-state index >= 15 is 0 Å². The zero-order valence-corrected chi connectivity index (χ0v) is 13.1. The van der Waals surface area contributed by atoms with Crippen LogP contribution in [0.4, 0.5) is 5.82 Å². The van der Waals surface area contributed by atoms with Crippen molar-refractivity contribution < 1.29 is 0 Å². The lowest BCUT2D eigenvalue weighted by atomic mass is 9.99. The number of nitrogens with zero attached hydrogens (tertiary/aromatic N) is 1. The number of aromatic nitrogens is 2. The molecule has 0 saturated heterocycles. The summed E-state index contributed by atoms with van der Waals surface area (Å²) < 4.78 is 0.535.